The fraction of sp³-hybridized carbons (Fsp3) is 0.333. The lowest BCUT2D eigenvalue weighted by Gasteiger charge is -2.06. The number of pyridine rings is 1. The number of rotatable bonds is 3. The van der Waals surface area contributed by atoms with Crippen molar-refractivity contribution in [2.24, 2.45) is 7.05 Å². The van der Waals surface area contributed by atoms with Crippen LogP contribution in [0.1, 0.15) is 28.7 Å². The van der Waals surface area contributed by atoms with Gasteiger partial charge in [0, 0.05) is 24.8 Å². The lowest BCUT2D eigenvalue weighted by Crippen LogP contribution is -2.02. The van der Waals surface area contributed by atoms with Gasteiger partial charge >= 0.3 is 5.97 Å². The molecule has 3 heterocycles. The molecule has 0 amide bonds. The molecule has 7 nitrogen and oxygen atoms in total. The molecular weight excluding hydrogens is 282 g/mol. The number of aromatic nitrogens is 5. The van der Waals surface area contributed by atoms with Gasteiger partial charge in [-0.15, -0.1) is 0 Å². The molecule has 3 aromatic rings. The van der Waals surface area contributed by atoms with Gasteiger partial charge in [-0.2, -0.15) is 10.2 Å². The molecule has 3 rings (SSSR count). The molecule has 22 heavy (non-hydrogen) atoms. The lowest BCUT2D eigenvalue weighted by atomic mass is 10.1. The van der Waals surface area contributed by atoms with Gasteiger partial charge in [0.2, 0.25) is 0 Å². The molecule has 0 bridgehead atoms. The Morgan fingerprint density at radius 3 is 2.68 bits per heavy atom. The number of carbonyl (C=O) groups is 1. The van der Waals surface area contributed by atoms with Crippen LogP contribution in [-0.2, 0) is 13.6 Å². The molecule has 0 saturated carbocycles. The van der Waals surface area contributed by atoms with Crippen LogP contribution in [0.15, 0.2) is 12.3 Å². The first-order chi connectivity index (χ1) is 10.4. The fourth-order valence-electron chi connectivity index (χ4n) is 2.80. The normalized spacial score (nSPS) is 11.3. The van der Waals surface area contributed by atoms with Crippen molar-refractivity contribution >= 4 is 17.0 Å². The summed E-state index contributed by atoms with van der Waals surface area (Å²) in [5, 5.41) is 18.6. The largest absolute Gasteiger partial charge is 0.478 e. The number of aryl methyl sites for hydroxylation is 3. The minimum Gasteiger partial charge on any atom is -0.478 e. The fourth-order valence-corrected chi connectivity index (χ4v) is 2.80. The summed E-state index contributed by atoms with van der Waals surface area (Å²) in [6, 6.07) is 1.60. The summed E-state index contributed by atoms with van der Waals surface area (Å²) < 4.78 is 3.47. The highest BCUT2D eigenvalue weighted by atomic mass is 16.4. The van der Waals surface area contributed by atoms with Gasteiger partial charge in [-0.25, -0.2) is 9.78 Å². The average Bonchev–Trinajstić information content (AvgIpc) is 2.98. The predicted molar refractivity (Wildman–Crippen MR) is 81.8 cm³/mol. The highest BCUT2D eigenvalue weighted by Gasteiger charge is 2.20. The van der Waals surface area contributed by atoms with E-state index in [-0.39, 0.29) is 5.56 Å². The predicted octanol–water partition coefficient (Wildman–Crippen LogP) is 2.17. The van der Waals surface area contributed by atoms with E-state index in [2.05, 4.69) is 15.2 Å². The van der Waals surface area contributed by atoms with E-state index in [0.717, 1.165) is 23.5 Å². The Kier molecular flexibility index (Phi) is 3.20. The minimum absolute atomic E-state index is 0.205. The van der Waals surface area contributed by atoms with Gasteiger partial charge in [0.1, 0.15) is 0 Å². The molecule has 0 aromatic carbocycles. The molecule has 0 spiro atoms. The van der Waals surface area contributed by atoms with Crippen molar-refractivity contribution < 1.29 is 9.90 Å². The van der Waals surface area contributed by atoms with Crippen molar-refractivity contribution in [3.8, 4) is 11.3 Å². The number of fused-ring (bicyclic) bond motifs is 1. The smallest absolute Gasteiger partial charge is 0.336 e. The SMILES string of the molecule is CCn1nc(C)c(-c2cc(C(=O)O)c3cnn(C)c3n2)c1C. The second kappa shape index (κ2) is 4.94. The number of nitrogens with zero attached hydrogens (tertiary/aromatic N) is 5. The van der Waals surface area contributed by atoms with E-state index in [0.29, 0.717) is 16.7 Å². The van der Waals surface area contributed by atoms with E-state index in [4.69, 9.17) is 0 Å². The third-order valence-electron chi connectivity index (χ3n) is 3.87. The molecule has 7 heteroatoms. The summed E-state index contributed by atoms with van der Waals surface area (Å²) in [6.45, 7) is 6.65. The maximum Gasteiger partial charge on any atom is 0.336 e. The Labute approximate surface area is 127 Å². The third kappa shape index (κ3) is 1.97. The van der Waals surface area contributed by atoms with Crippen LogP contribution in [-0.4, -0.2) is 35.6 Å². The summed E-state index contributed by atoms with van der Waals surface area (Å²) in [5.74, 6) is -0.986. The standard InChI is InChI=1S/C15H17N5O2/c1-5-20-9(3)13(8(2)18-20)12-6-10(15(21)22)11-7-16-19(4)14(11)17-12/h6-7H,5H2,1-4H3,(H,21,22). The topological polar surface area (TPSA) is 85.8 Å². The highest BCUT2D eigenvalue weighted by molar-refractivity contribution is 6.02. The van der Waals surface area contributed by atoms with Crippen LogP contribution in [0.4, 0.5) is 0 Å². The maximum atomic E-state index is 11.6. The highest BCUT2D eigenvalue weighted by Crippen LogP contribution is 2.29. The van der Waals surface area contributed by atoms with Crippen LogP contribution in [0.2, 0.25) is 0 Å². The number of aromatic carboxylic acids is 1. The van der Waals surface area contributed by atoms with Crippen molar-refractivity contribution in [1.82, 2.24) is 24.5 Å². The second-order valence-corrected chi connectivity index (χ2v) is 5.23. The third-order valence-corrected chi connectivity index (χ3v) is 3.87. The quantitative estimate of drug-likeness (QED) is 0.801. The Bertz CT molecular complexity index is 891. The molecule has 0 fully saturated rings. The maximum absolute atomic E-state index is 11.6. The molecule has 0 unspecified atom stereocenters. The Morgan fingerprint density at radius 1 is 1.36 bits per heavy atom. The molecule has 0 aliphatic rings. The number of carboxylic acids is 1. The van der Waals surface area contributed by atoms with E-state index < -0.39 is 5.97 Å². The molecule has 0 saturated heterocycles. The molecular formula is C15H17N5O2. The zero-order valence-electron chi connectivity index (χ0n) is 13.0. The molecule has 3 aromatic heterocycles. The molecule has 1 N–H and O–H groups in total. The van der Waals surface area contributed by atoms with Crippen molar-refractivity contribution in [3.63, 3.8) is 0 Å². The van der Waals surface area contributed by atoms with Gasteiger partial charge in [-0.1, -0.05) is 0 Å². The lowest BCUT2D eigenvalue weighted by molar-refractivity contribution is 0.0699. The van der Waals surface area contributed by atoms with Crippen molar-refractivity contribution in [3.05, 3.63) is 29.2 Å². The Balaban J connectivity index is 2.34. The molecule has 0 aliphatic carbocycles. The summed E-state index contributed by atoms with van der Waals surface area (Å²) in [5.41, 5.74) is 4.07. The van der Waals surface area contributed by atoms with Gasteiger partial charge in [-0.3, -0.25) is 9.36 Å². The summed E-state index contributed by atoms with van der Waals surface area (Å²) in [7, 11) is 1.75. The van der Waals surface area contributed by atoms with E-state index in [1.54, 1.807) is 17.8 Å². The van der Waals surface area contributed by atoms with Gasteiger partial charge in [0.15, 0.2) is 5.65 Å². The zero-order chi connectivity index (χ0) is 16.0. The minimum atomic E-state index is -0.986. The van der Waals surface area contributed by atoms with Crippen LogP contribution in [0.5, 0.6) is 0 Å². The molecule has 0 aliphatic heterocycles. The zero-order valence-corrected chi connectivity index (χ0v) is 13.0. The summed E-state index contributed by atoms with van der Waals surface area (Å²) in [6.07, 6.45) is 1.53. The van der Waals surface area contributed by atoms with Gasteiger partial charge in [0.25, 0.3) is 0 Å². The van der Waals surface area contributed by atoms with E-state index in [1.807, 2.05) is 25.5 Å². The van der Waals surface area contributed by atoms with E-state index in [1.165, 1.54) is 6.20 Å². The van der Waals surface area contributed by atoms with Crippen LogP contribution in [0.3, 0.4) is 0 Å². The van der Waals surface area contributed by atoms with Gasteiger partial charge < -0.3 is 5.11 Å². The van der Waals surface area contributed by atoms with Crippen molar-refractivity contribution in [2.45, 2.75) is 27.3 Å². The van der Waals surface area contributed by atoms with Crippen LogP contribution >= 0.6 is 0 Å². The molecule has 0 atom stereocenters. The second-order valence-electron chi connectivity index (χ2n) is 5.23. The Morgan fingerprint density at radius 2 is 2.09 bits per heavy atom. The number of hydrogen-bond acceptors (Lipinski definition) is 4. The monoisotopic (exact) mass is 299 g/mol. The number of hydrogen-bond donors (Lipinski definition) is 1. The van der Waals surface area contributed by atoms with E-state index in [9.17, 15) is 9.90 Å². The van der Waals surface area contributed by atoms with Gasteiger partial charge in [0.05, 0.1) is 28.5 Å². The summed E-state index contributed by atoms with van der Waals surface area (Å²) >= 11 is 0. The van der Waals surface area contributed by atoms with E-state index >= 15 is 0 Å². The van der Waals surface area contributed by atoms with Crippen molar-refractivity contribution in [1.29, 1.82) is 0 Å². The number of carboxylic acid groups (broad SMARTS) is 1. The molecule has 114 valence electrons. The first-order valence-corrected chi connectivity index (χ1v) is 7.04. The molecule has 0 radical (unpaired) electrons. The van der Waals surface area contributed by atoms with Gasteiger partial charge in [-0.05, 0) is 26.8 Å². The first kappa shape index (κ1) is 14.2. The van der Waals surface area contributed by atoms with Crippen LogP contribution in [0, 0.1) is 13.8 Å². The Hall–Kier alpha value is -2.70. The van der Waals surface area contributed by atoms with Crippen LogP contribution < -0.4 is 0 Å². The first-order valence-electron chi connectivity index (χ1n) is 7.04. The van der Waals surface area contributed by atoms with Crippen LogP contribution in [0.25, 0.3) is 22.3 Å². The van der Waals surface area contributed by atoms with Crippen molar-refractivity contribution in [2.75, 3.05) is 0 Å². The average molecular weight is 299 g/mol. The summed E-state index contributed by atoms with van der Waals surface area (Å²) in [4.78, 5) is 16.2.